The number of piperidine rings is 3. The Morgan fingerprint density at radius 2 is 2.00 bits per heavy atom. The SMILES string of the molecule is COCCC(=O)N1C[C@@H](c2cccc(OC)c2)[C@H]2[C@@H]1C1CCN2CC1. The van der Waals surface area contributed by atoms with Gasteiger partial charge in [0.05, 0.1) is 26.2 Å². The van der Waals surface area contributed by atoms with Crippen LogP contribution in [0.25, 0.3) is 0 Å². The fraction of sp³-hybridized carbons (Fsp3) is 0.650. The standard InChI is InChI=1S/C20H28N2O3/c1-24-11-8-18(23)22-13-17(15-4-3-5-16(12-15)25-2)20-19(22)14-6-9-21(20)10-7-14/h3-5,12,14,17,19-20H,6-11,13H2,1-2H3/t17-,19-,20-/m0/s1. The van der Waals surface area contributed by atoms with Crippen molar-refractivity contribution in [2.45, 2.75) is 37.3 Å². The molecule has 1 aromatic rings. The predicted molar refractivity (Wildman–Crippen MR) is 95.8 cm³/mol. The lowest BCUT2D eigenvalue weighted by Crippen LogP contribution is -2.60. The van der Waals surface area contributed by atoms with E-state index in [1.165, 1.54) is 31.5 Å². The van der Waals surface area contributed by atoms with Gasteiger partial charge in [0.25, 0.3) is 0 Å². The van der Waals surface area contributed by atoms with Crippen LogP contribution in [-0.2, 0) is 9.53 Å². The number of amides is 1. The summed E-state index contributed by atoms with van der Waals surface area (Å²) in [5, 5.41) is 0. The molecular formula is C20H28N2O3. The maximum absolute atomic E-state index is 12.8. The number of rotatable bonds is 5. The van der Waals surface area contributed by atoms with Gasteiger partial charge in [-0.3, -0.25) is 9.69 Å². The zero-order valence-electron chi connectivity index (χ0n) is 15.2. The minimum atomic E-state index is 0.246. The first-order chi connectivity index (χ1) is 12.2. The van der Waals surface area contributed by atoms with Crippen LogP contribution in [0, 0.1) is 5.92 Å². The number of nitrogens with zero attached hydrogens (tertiary/aromatic N) is 2. The zero-order chi connectivity index (χ0) is 17.4. The van der Waals surface area contributed by atoms with Crippen molar-refractivity contribution in [3.63, 3.8) is 0 Å². The maximum atomic E-state index is 12.8. The van der Waals surface area contributed by atoms with Crippen LogP contribution in [0.5, 0.6) is 5.75 Å². The van der Waals surface area contributed by atoms with Crippen LogP contribution in [0.3, 0.4) is 0 Å². The van der Waals surface area contributed by atoms with E-state index >= 15 is 0 Å². The summed E-state index contributed by atoms with van der Waals surface area (Å²) in [5.74, 6) is 2.16. The van der Waals surface area contributed by atoms with Gasteiger partial charge in [-0.15, -0.1) is 0 Å². The van der Waals surface area contributed by atoms with Crippen molar-refractivity contribution in [1.82, 2.24) is 9.80 Å². The van der Waals surface area contributed by atoms with Gasteiger partial charge in [0.15, 0.2) is 0 Å². The van der Waals surface area contributed by atoms with Gasteiger partial charge in [0.2, 0.25) is 5.91 Å². The van der Waals surface area contributed by atoms with Crippen LogP contribution in [0.2, 0.25) is 0 Å². The molecule has 5 rings (SSSR count). The number of benzene rings is 1. The number of likely N-dealkylation sites (tertiary alicyclic amines) is 1. The lowest BCUT2D eigenvalue weighted by molar-refractivity contribution is -0.136. The molecule has 3 atom stereocenters. The van der Waals surface area contributed by atoms with E-state index in [1.54, 1.807) is 14.2 Å². The molecule has 4 aliphatic heterocycles. The third kappa shape index (κ3) is 2.93. The highest BCUT2D eigenvalue weighted by molar-refractivity contribution is 5.77. The molecule has 5 heteroatoms. The smallest absolute Gasteiger partial charge is 0.225 e. The molecule has 4 saturated heterocycles. The van der Waals surface area contributed by atoms with Crippen molar-refractivity contribution in [1.29, 1.82) is 0 Å². The zero-order valence-corrected chi connectivity index (χ0v) is 15.2. The monoisotopic (exact) mass is 344 g/mol. The van der Waals surface area contributed by atoms with E-state index in [-0.39, 0.29) is 5.91 Å². The fourth-order valence-electron chi connectivity index (χ4n) is 5.20. The number of hydrogen-bond acceptors (Lipinski definition) is 4. The minimum Gasteiger partial charge on any atom is -0.497 e. The molecule has 1 amide bonds. The number of carbonyl (C=O) groups is 1. The summed E-state index contributed by atoms with van der Waals surface area (Å²) in [4.78, 5) is 17.6. The van der Waals surface area contributed by atoms with E-state index in [4.69, 9.17) is 9.47 Å². The summed E-state index contributed by atoms with van der Waals surface area (Å²) in [7, 11) is 3.37. The van der Waals surface area contributed by atoms with Crippen molar-refractivity contribution in [3.8, 4) is 5.75 Å². The Bertz CT molecular complexity index is 627. The molecular weight excluding hydrogens is 316 g/mol. The molecule has 0 unspecified atom stereocenters. The highest BCUT2D eigenvalue weighted by Gasteiger charge is 2.54. The van der Waals surface area contributed by atoms with Crippen molar-refractivity contribution in [2.75, 3.05) is 40.5 Å². The predicted octanol–water partition coefficient (Wildman–Crippen LogP) is 2.12. The van der Waals surface area contributed by atoms with Gasteiger partial charge in [-0.25, -0.2) is 0 Å². The van der Waals surface area contributed by atoms with E-state index in [1.807, 2.05) is 6.07 Å². The average Bonchev–Trinajstić information content (AvgIpc) is 3.10. The molecule has 0 saturated carbocycles. The van der Waals surface area contributed by atoms with Gasteiger partial charge in [-0.05, 0) is 49.5 Å². The Hall–Kier alpha value is -1.59. The molecule has 25 heavy (non-hydrogen) atoms. The number of ether oxygens (including phenoxy) is 2. The minimum absolute atomic E-state index is 0.246. The quantitative estimate of drug-likeness (QED) is 0.821. The molecule has 0 spiro atoms. The Morgan fingerprint density at radius 1 is 1.20 bits per heavy atom. The van der Waals surface area contributed by atoms with Crippen LogP contribution in [-0.4, -0.2) is 68.3 Å². The molecule has 4 aliphatic rings. The summed E-state index contributed by atoms with van der Waals surface area (Å²) in [5.41, 5.74) is 1.30. The van der Waals surface area contributed by atoms with E-state index in [2.05, 4.69) is 28.0 Å². The van der Waals surface area contributed by atoms with Gasteiger partial charge in [-0.1, -0.05) is 12.1 Å². The summed E-state index contributed by atoms with van der Waals surface area (Å²) in [6, 6.07) is 9.21. The maximum Gasteiger partial charge on any atom is 0.225 e. The molecule has 5 nitrogen and oxygen atoms in total. The van der Waals surface area contributed by atoms with Gasteiger partial charge in [0, 0.05) is 25.6 Å². The molecule has 4 fully saturated rings. The first kappa shape index (κ1) is 16.9. The fourth-order valence-corrected chi connectivity index (χ4v) is 5.20. The lowest BCUT2D eigenvalue weighted by atomic mass is 9.75. The number of methoxy groups -OCH3 is 2. The molecule has 136 valence electrons. The Morgan fingerprint density at radius 3 is 2.72 bits per heavy atom. The first-order valence-electron chi connectivity index (χ1n) is 9.39. The van der Waals surface area contributed by atoms with Gasteiger partial charge in [-0.2, -0.15) is 0 Å². The second-order valence-electron chi connectivity index (χ2n) is 7.53. The Labute approximate surface area is 149 Å². The van der Waals surface area contributed by atoms with E-state index in [0.29, 0.717) is 36.9 Å². The van der Waals surface area contributed by atoms with E-state index in [0.717, 1.165) is 12.3 Å². The van der Waals surface area contributed by atoms with Crippen LogP contribution >= 0.6 is 0 Å². The summed E-state index contributed by atoms with van der Waals surface area (Å²) < 4.78 is 10.6. The first-order valence-corrected chi connectivity index (χ1v) is 9.39. The van der Waals surface area contributed by atoms with Crippen LogP contribution < -0.4 is 4.74 Å². The molecule has 2 bridgehead atoms. The topological polar surface area (TPSA) is 42.0 Å². The van der Waals surface area contributed by atoms with Gasteiger partial charge < -0.3 is 14.4 Å². The number of hydrogen-bond donors (Lipinski definition) is 0. The van der Waals surface area contributed by atoms with Crippen molar-refractivity contribution in [3.05, 3.63) is 29.8 Å². The van der Waals surface area contributed by atoms with Crippen LogP contribution in [0.1, 0.15) is 30.7 Å². The number of carbonyl (C=O) groups excluding carboxylic acids is 1. The summed E-state index contributed by atoms with van der Waals surface area (Å²) in [6.45, 7) is 3.67. The molecule has 4 heterocycles. The molecule has 1 aromatic carbocycles. The molecule has 0 aromatic heterocycles. The third-order valence-electron chi connectivity index (χ3n) is 6.36. The highest BCUT2D eigenvalue weighted by Crippen LogP contribution is 2.47. The lowest BCUT2D eigenvalue weighted by Gasteiger charge is -2.51. The normalized spacial score (nSPS) is 33.4. The molecule has 0 radical (unpaired) electrons. The van der Waals surface area contributed by atoms with Crippen LogP contribution in [0.15, 0.2) is 24.3 Å². The van der Waals surface area contributed by atoms with Crippen LogP contribution in [0.4, 0.5) is 0 Å². The summed E-state index contributed by atoms with van der Waals surface area (Å²) >= 11 is 0. The highest BCUT2D eigenvalue weighted by atomic mass is 16.5. The summed E-state index contributed by atoms with van der Waals surface area (Å²) in [6.07, 6.45) is 2.93. The van der Waals surface area contributed by atoms with Crippen molar-refractivity contribution < 1.29 is 14.3 Å². The Balaban J connectivity index is 1.64. The Kier molecular flexibility index (Phi) is 4.69. The largest absolute Gasteiger partial charge is 0.497 e. The van der Waals surface area contributed by atoms with E-state index in [9.17, 15) is 4.79 Å². The van der Waals surface area contributed by atoms with Gasteiger partial charge in [0.1, 0.15) is 5.75 Å². The number of fused-ring (bicyclic) bond motifs is 2. The molecule has 0 aliphatic carbocycles. The van der Waals surface area contributed by atoms with Crippen molar-refractivity contribution >= 4 is 5.91 Å². The van der Waals surface area contributed by atoms with Crippen molar-refractivity contribution in [2.24, 2.45) is 5.92 Å². The average molecular weight is 344 g/mol. The van der Waals surface area contributed by atoms with Gasteiger partial charge >= 0.3 is 0 Å². The second-order valence-corrected chi connectivity index (χ2v) is 7.53. The third-order valence-corrected chi connectivity index (χ3v) is 6.36. The second kappa shape index (κ2) is 6.96. The molecule has 0 N–H and O–H groups in total. The van der Waals surface area contributed by atoms with E-state index < -0.39 is 0 Å².